The maximum atomic E-state index is 5.41. The van der Waals surface area contributed by atoms with Crippen molar-refractivity contribution in [2.45, 2.75) is 27.3 Å². The molecule has 0 saturated carbocycles. The molecule has 1 aromatic carbocycles. The second kappa shape index (κ2) is 10.2. The Morgan fingerprint density at radius 2 is 1.96 bits per heavy atom. The predicted octanol–water partition coefficient (Wildman–Crippen LogP) is 1.88. The van der Waals surface area contributed by atoms with Gasteiger partial charge in [-0.25, -0.2) is 9.67 Å². The third-order valence-electron chi connectivity index (χ3n) is 4.81. The molecule has 1 fully saturated rings. The van der Waals surface area contributed by atoms with E-state index in [9.17, 15) is 0 Å². The molecule has 152 valence electrons. The number of nitrogens with zero attached hydrogens (tertiary/aromatic N) is 4. The number of aryl methyl sites for hydroxylation is 2. The Balaban J connectivity index is 1.65. The lowest BCUT2D eigenvalue weighted by Crippen LogP contribution is -2.44. The molecular formula is C21H32N6O. The monoisotopic (exact) mass is 384 g/mol. The van der Waals surface area contributed by atoms with Gasteiger partial charge in [0, 0.05) is 38.4 Å². The van der Waals surface area contributed by atoms with Gasteiger partial charge in [-0.2, -0.15) is 5.10 Å². The number of nitrogens with one attached hydrogen (secondary N) is 2. The van der Waals surface area contributed by atoms with Gasteiger partial charge in [0.2, 0.25) is 0 Å². The standard InChI is InChI=1S/C21H32N6O/c1-4-22-21(23-9-10-26-11-13-28-14-12-26)24-16-19-7-5-6-8-20(19)27-18(3)15-17(2)25-27/h5-8,15H,4,9-14,16H2,1-3H3,(H2,22,23,24). The highest BCUT2D eigenvalue weighted by Crippen LogP contribution is 2.17. The first-order chi connectivity index (χ1) is 13.7. The second-order valence-corrected chi connectivity index (χ2v) is 7.04. The lowest BCUT2D eigenvalue weighted by atomic mass is 10.2. The lowest BCUT2D eigenvalue weighted by Gasteiger charge is -2.26. The first kappa shape index (κ1) is 20.4. The summed E-state index contributed by atoms with van der Waals surface area (Å²) in [6, 6.07) is 10.4. The van der Waals surface area contributed by atoms with Crippen LogP contribution in [0.1, 0.15) is 23.9 Å². The van der Waals surface area contributed by atoms with Crippen molar-refractivity contribution in [3.05, 3.63) is 47.3 Å². The molecule has 3 rings (SSSR count). The molecule has 0 radical (unpaired) electrons. The summed E-state index contributed by atoms with van der Waals surface area (Å²) in [5.41, 5.74) is 4.39. The number of rotatable bonds is 7. The van der Waals surface area contributed by atoms with Crippen LogP contribution in [0.3, 0.4) is 0 Å². The van der Waals surface area contributed by atoms with Crippen LogP contribution in [0.25, 0.3) is 5.69 Å². The van der Waals surface area contributed by atoms with Crippen LogP contribution in [0.4, 0.5) is 0 Å². The van der Waals surface area contributed by atoms with Crippen molar-refractivity contribution >= 4 is 5.96 Å². The summed E-state index contributed by atoms with van der Waals surface area (Å²) in [4.78, 5) is 7.21. The first-order valence-electron chi connectivity index (χ1n) is 10.1. The Hall–Kier alpha value is -2.38. The molecule has 1 aromatic heterocycles. The van der Waals surface area contributed by atoms with Gasteiger partial charge < -0.3 is 15.4 Å². The van der Waals surface area contributed by atoms with E-state index < -0.39 is 0 Å². The predicted molar refractivity (Wildman–Crippen MR) is 113 cm³/mol. The van der Waals surface area contributed by atoms with Crippen LogP contribution in [-0.4, -0.2) is 66.6 Å². The average molecular weight is 385 g/mol. The molecule has 1 aliphatic rings. The number of morpholine rings is 1. The summed E-state index contributed by atoms with van der Waals surface area (Å²) in [5, 5.41) is 11.4. The van der Waals surface area contributed by atoms with Crippen LogP contribution in [-0.2, 0) is 11.3 Å². The smallest absolute Gasteiger partial charge is 0.191 e. The van der Waals surface area contributed by atoms with Crippen LogP contribution in [0, 0.1) is 13.8 Å². The number of aliphatic imine (C=N–C) groups is 1. The molecule has 0 aliphatic carbocycles. The summed E-state index contributed by atoms with van der Waals surface area (Å²) in [7, 11) is 0. The van der Waals surface area contributed by atoms with Crippen molar-refractivity contribution in [2.24, 2.45) is 4.99 Å². The fraction of sp³-hybridized carbons (Fsp3) is 0.524. The summed E-state index contributed by atoms with van der Waals surface area (Å²) in [5.74, 6) is 0.846. The highest BCUT2D eigenvalue weighted by atomic mass is 16.5. The van der Waals surface area contributed by atoms with E-state index in [1.807, 2.05) is 17.7 Å². The van der Waals surface area contributed by atoms with Crippen LogP contribution in [0.15, 0.2) is 35.3 Å². The Kier molecular flexibility index (Phi) is 7.45. The van der Waals surface area contributed by atoms with Gasteiger partial charge in [0.15, 0.2) is 5.96 Å². The number of hydrogen-bond acceptors (Lipinski definition) is 4. The molecule has 0 atom stereocenters. The van der Waals surface area contributed by atoms with Gasteiger partial charge in [-0.1, -0.05) is 18.2 Å². The van der Waals surface area contributed by atoms with Gasteiger partial charge in [-0.05, 0) is 38.5 Å². The zero-order chi connectivity index (χ0) is 19.8. The highest BCUT2D eigenvalue weighted by molar-refractivity contribution is 5.79. The number of hydrogen-bond donors (Lipinski definition) is 2. The fourth-order valence-corrected chi connectivity index (χ4v) is 3.39. The zero-order valence-corrected chi connectivity index (χ0v) is 17.2. The SMILES string of the molecule is CCNC(=NCc1ccccc1-n1nc(C)cc1C)NCCN1CCOCC1. The van der Waals surface area contributed by atoms with E-state index in [0.29, 0.717) is 6.54 Å². The summed E-state index contributed by atoms with van der Waals surface area (Å²) < 4.78 is 7.40. The maximum Gasteiger partial charge on any atom is 0.191 e. The first-order valence-corrected chi connectivity index (χ1v) is 10.1. The Morgan fingerprint density at radius 1 is 1.18 bits per heavy atom. The number of para-hydroxylation sites is 1. The molecule has 1 aliphatic heterocycles. The Labute approximate surface area is 167 Å². The minimum Gasteiger partial charge on any atom is -0.379 e. The van der Waals surface area contributed by atoms with Crippen molar-refractivity contribution < 1.29 is 4.74 Å². The third kappa shape index (κ3) is 5.56. The van der Waals surface area contributed by atoms with Crippen LogP contribution < -0.4 is 10.6 Å². The number of ether oxygens (including phenoxy) is 1. The topological polar surface area (TPSA) is 66.7 Å². The largest absolute Gasteiger partial charge is 0.379 e. The minimum absolute atomic E-state index is 0.599. The van der Waals surface area contributed by atoms with E-state index in [1.165, 1.54) is 0 Å². The summed E-state index contributed by atoms with van der Waals surface area (Å²) in [6.07, 6.45) is 0. The average Bonchev–Trinajstić information content (AvgIpc) is 3.05. The molecule has 0 bridgehead atoms. The maximum absolute atomic E-state index is 5.41. The second-order valence-electron chi connectivity index (χ2n) is 7.04. The summed E-state index contributed by atoms with van der Waals surface area (Å²) in [6.45, 7) is 13.2. The molecule has 7 heteroatoms. The number of aromatic nitrogens is 2. The molecule has 2 N–H and O–H groups in total. The van der Waals surface area contributed by atoms with E-state index in [2.05, 4.69) is 58.7 Å². The van der Waals surface area contributed by atoms with Gasteiger partial charge in [-0.15, -0.1) is 0 Å². The molecule has 2 heterocycles. The molecule has 0 unspecified atom stereocenters. The molecular weight excluding hydrogens is 352 g/mol. The Bertz CT molecular complexity index is 779. The van der Waals surface area contributed by atoms with Gasteiger partial charge in [0.05, 0.1) is 31.1 Å². The van der Waals surface area contributed by atoms with Gasteiger partial charge >= 0.3 is 0 Å². The van der Waals surface area contributed by atoms with Gasteiger partial charge in [0.1, 0.15) is 0 Å². The van der Waals surface area contributed by atoms with Crippen molar-refractivity contribution in [1.82, 2.24) is 25.3 Å². The molecule has 0 spiro atoms. The van der Waals surface area contributed by atoms with Gasteiger partial charge in [0.25, 0.3) is 0 Å². The number of benzene rings is 1. The van der Waals surface area contributed by atoms with Crippen molar-refractivity contribution in [2.75, 3.05) is 45.9 Å². The quantitative estimate of drug-likeness (QED) is 0.564. The highest BCUT2D eigenvalue weighted by Gasteiger charge is 2.11. The van der Waals surface area contributed by atoms with E-state index in [4.69, 9.17) is 9.73 Å². The molecule has 28 heavy (non-hydrogen) atoms. The van der Waals surface area contributed by atoms with E-state index in [0.717, 1.165) is 74.5 Å². The number of guanidine groups is 1. The fourth-order valence-electron chi connectivity index (χ4n) is 3.39. The van der Waals surface area contributed by atoms with E-state index >= 15 is 0 Å². The third-order valence-corrected chi connectivity index (χ3v) is 4.81. The van der Waals surface area contributed by atoms with E-state index in [1.54, 1.807) is 0 Å². The molecule has 1 saturated heterocycles. The lowest BCUT2D eigenvalue weighted by molar-refractivity contribution is 0.0389. The van der Waals surface area contributed by atoms with Crippen molar-refractivity contribution in [1.29, 1.82) is 0 Å². The zero-order valence-electron chi connectivity index (χ0n) is 17.2. The van der Waals surface area contributed by atoms with E-state index in [-0.39, 0.29) is 0 Å². The molecule has 2 aromatic rings. The van der Waals surface area contributed by atoms with Crippen LogP contribution >= 0.6 is 0 Å². The molecule has 0 amide bonds. The summed E-state index contributed by atoms with van der Waals surface area (Å²) >= 11 is 0. The van der Waals surface area contributed by atoms with Crippen LogP contribution in [0.2, 0.25) is 0 Å². The minimum atomic E-state index is 0.599. The normalized spacial score (nSPS) is 15.6. The Morgan fingerprint density at radius 3 is 2.68 bits per heavy atom. The van der Waals surface area contributed by atoms with Gasteiger partial charge in [-0.3, -0.25) is 4.90 Å². The van der Waals surface area contributed by atoms with Crippen molar-refractivity contribution in [3.63, 3.8) is 0 Å². The molecule has 7 nitrogen and oxygen atoms in total. The van der Waals surface area contributed by atoms with Crippen LogP contribution in [0.5, 0.6) is 0 Å². The van der Waals surface area contributed by atoms with Crippen molar-refractivity contribution in [3.8, 4) is 5.69 Å².